The first-order valence-electron chi connectivity index (χ1n) is 3.94. The fraction of sp³-hybridized carbons (Fsp3) is 1.00. The van der Waals surface area contributed by atoms with E-state index < -0.39 is 0 Å². The highest BCUT2D eigenvalue weighted by Crippen LogP contribution is 2.34. The third-order valence-corrected chi connectivity index (χ3v) is 2.21. The van der Waals surface area contributed by atoms with Gasteiger partial charge in [0.15, 0.2) is 0 Å². The summed E-state index contributed by atoms with van der Waals surface area (Å²) in [5.74, 6) is 0. The zero-order valence-corrected chi connectivity index (χ0v) is 6.70. The van der Waals surface area contributed by atoms with Crippen LogP contribution in [0.15, 0.2) is 0 Å². The van der Waals surface area contributed by atoms with Gasteiger partial charge in [0.1, 0.15) is 0 Å². The van der Waals surface area contributed by atoms with Crippen LogP contribution in [0.4, 0.5) is 0 Å². The largest absolute Gasteiger partial charge is 0.309 e. The van der Waals surface area contributed by atoms with Crippen LogP contribution in [-0.2, 0) is 0 Å². The molecule has 0 radical (unpaired) electrons. The molecule has 1 atom stereocenters. The third-order valence-electron chi connectivity index (χ3n) is 2.21. The number of nitrogens with one attached hydrogen (secondary N) is 1. The standard InChI is InChI=1S/C8H17N/c1-4-7(2)9-8(3)5-6-8/h7,9H,4-6H2,1-3H3. The predicted molar refractivity (Wildman–Crippen MR) is 40.5 cm³/mol. The molecule has 54 valence electrons. The van der Waals surface area contributed by atoms with Crippen LogP contribution in [0.2, 0.25) is 0 Å². The molecule has 1 nitrogen and oxygen atoms in total. The quantitative estimate of drug-likeness (QED) is 0.611. The molecule has 1 heteroatoms. The summed E-state index contributed by atoms with van der Waals surface area (Å²) in [7, 11) is 0. The Labute approximate surface area is 57.8 Å². The summed E-state index contributed by atoms with van der Waals surface area (Å²) in [6.45, 7) is 6.78. The summed E-state index contributed by atoms with van der Waals surface area (Å²) in [6, 6.07) is 0.706. The molecule has 1 aliphatic carbocycles. The van der Waals surface area contributed by atoms with Crippen molar-refractivity contribution in [3.05, 3.63) is 0 Å². The van der Waals surface area contributed by atoms with E-state index in [0.717, 1.165) is 0 Å². The Morgan fingerprint density at radius 3 is 2.44 bits per heavy atom. The lowest BCUT2D eigenvalue weighted by Crippen LogP contribution is -2.35. The van der Waals surface area contributed by atoms with Crippen molar-refractivity contribution in [3.8, 4) is 0 Å². The van der Waals surface area contributed by atoms with Crippen LogP contribution in [0.3, 0.4) is 0 Å². The zero-order valence-electron chi connectivity index (χ0n) is 6.70. The molecule has 0 saturated heterocycles. The Bertz CT molecular complexity index is 94.7. The van der Waals surface area contributed by atoms with E-state index >= 15 is 0 Å². The van der Waals surface area contributed by atoms with Gasteiger partial charge in [0, 0.05) is 11.6 Å². The monoisotopic (exact) mass is 127 g/mol. The van der Waals surface area contributed by atoms with Crippen molar-refractivity contribution >= 4 is 0 Å². The minimum Gasteiger partial charge on any atom is -0.309 e. The van der Waals surface area contributed by atoms with Crippen LogP contribution in [0, 0.1) is 0 Å². The van der Waals surface area contributed by atoms with Gasteiger partial charge in [-0.2, -0.15) is 0 Å². The fourth-order valence-electron chi connectivity index (χ4n) is 1.03. The van der Waals surface area contributed by atoms with E-state index in [1.165, 1.54) is 19.3 Å². The van der Waals surface area contributed by atoms with Crippen molar-refractivity contribution in [1.82, 2.24) is 5.32 Å². The lowest BCUT2D eigenvalue weighted by atomic mass is 10.2. The molecular formula is C8H17N. The molecule has 0 aromatic carbocycles. The van der Waals surface area contributed by atoms with Crippen molar-refractivity contribution < 1.29 is 0 Å². The minimum atomic E-state index is 0.523. The molecule has 1 fully saturated rings. The molecule has 0 aromatic rings. The molecule has 0 spiro atoms. The molecule has 0 bridgehead atoms. The van der Waals surface area contributed by atoms with E-state index in [1.54, 1.807) is 0 Å². The average molecular weight is 127 g/mol. The zero-order chi connectivity index (χ0) is 6.91. The highest BCUT2D eigenvalue weighted by atomic mass is 15.0. The highest BCUT2D eigenvalue weighted by Gasteiger charge is 2.37. The van der Waals surface area contributed by atoms with Crippen LogP contribution >= 0.6 is 0 Å². The fourth-order valence-corrected chi connectivity index (χ4v) is 1.03. The third kappa shape index (κ3) is 1.98. The summed E-state index contributed by atoms with van der Waals surface area (Å²) >= 11 is 0. The maximum absolute atomic E-state index is 3.58. The lowest BCUT2D eigenvalue weighted by Gasteiger charge is -2.16. The lowest BCUT2D eigenvalue weighted by molar-refractivity contribution is 0.445. The first kappa shape index (κ1) is 7.07. The Morgan fingerprint density at radius 1 is 1.56 bits per heavy atom. The van der Waals surface area contributed by atoms with Gasteiger partial charge in [-0.15, -0.1) is 0 Å². The van der Waals surface area contributed by atoms with Gasteiger partial charge in [0.25, 0.3) is 0 Å². The molecule has 0 amide bonds. The second kappa shape index (κ2) is 2.30. The summed E-state index contributed by atoms with van der Waals surface area (Å²) in [6.07, 6.45) is 3.99. The van der Waals surface area contributed by atoms with E-state index in [-0.39, 0.29) is 0 Å². The highest BCUT2D eigenvalue weighted by molar-refractivity contribution is 4.98. The van der Waals surface area contributed by atoms with E-state index in [4.69, 9.17) is 0 Å². The second-order valence-electron chi connectivity index (χ2n) is 3.51. The number of hydrogen-bond acceptors (Lipinski definition) is 1. The summed E-state index contributed by atoms with van der Waals surface area (Å²) in [5, 5.41) is 3.58. The van der Waals surface area contributed by atoms with Gasteiger partial charge in [-0.3, -0.25) is 0 Å². The average Bonchev–Trinajstić information content (AvgIpc) is 2.48. The smallest absolute Gasteiger partial charge is 0.0157 e. The molecule has 1 N–H and O–H groups in total. The molecule has 1 rings (SSSR count). The van der Waals surface area contributed by atoms with Crippen LogP contribution in [0.1, 0.15) is 40.0 Å². The molecule has 0 heterocycles. The molecule has 1 aliphatic rings. The maximum Gasteiger partial charge on any atom is 0.0157 e. The van der Waals surface area contributed by atoms with Gasteiger partial charge in [-0.1, -0.05) is 6.92 Å². The molecular weight excluding hydrogens is 110 g/mol. The van der Waals surface area contributed by atoms with Crippen LogP contribution in [0.5, 0.6) is 0 Å². The van der Waals surface area contributed by atoms with E-state index in [0.29, 0.717) is 11.6 Å². The van der Waals surface area contributed by atoms with Gasteiger partial charge in [0.2, 0.25) is 0 Å². The van der Waals surface area contributed by atoms with Gasteiger partial charge >= 0.3 is 0 Å². The van der Waals surface area contributed by atoms with Crippen LogP contribution in [0.25, 0.3) is 0 Å². The number of hydrogen-bond donors (Lipinski definition) is 1. The van der Waals surface area contributed by atoms with Crippen molar-refractivity contribution in [2.75, 3.05) is 0 Å². The van der Waals surface area contributed by atoms with Crippen molar-refractivity contribution in [2.24, 2.45) is 0 Å². The maximum atomic E-state index is 3.58. The van der Waals surface area contributed by atoms with Crippen LogP contribution < -0.4 is 5.32 Å². The Hall–Kier alpha value is -0.0400. The molecule has 0 aromatic heterocycles. The van der Waals surface area contributed by atoms with Gasteiger partial charge in [-0.05, 0) is 33.1 Å². The molecule has 1 unspecified atom stereocenters. The van der Waals surface area contributed by atoms with Crippen molar-refractivity contribution in [2.45, 2.75) is 51.6 Å². The van der Waals surface area contributed by atoms with E-state index in [2.05, 4.69) is 26.1 Å². The Morgan fingerprint density at radius 2 is 2.11 bits per heavy atom. The molecule has 0 aliphatic heterocycles. The first-order chi connectivity index (χ1) is 4.16. The van der Waals surface area contributed by atoms with Crippen molar-refractivity contribution in [3.63, 3.8) is 0 Å². The normalized spacial score (nSPS) is 25.7. The molecule has 1 saturated carbocycles. The van der Waals surface area contributed by atoms with Gasteiger partial charge < -0.3 is 5.32 Å². The van der Waals surface area contributed by atoms with Gasteiger partial charge in [0.05, 0.1) is 0 Å². The SMILES string of the molecule is CCC(C)NC1(C)CC1. The summed E-state index contributed by atoms with van der Waals surface area (Å²) in [4.78, 5) is 0. The van der Waals surface area contributed by atoms with Gasteiger partial charge in [-0.25, -0.2) is 0 Å². The van der Waals surface area contributed by atoms with E-state index in [9.17, 15) is 0 Å². The van der Waals surface area contributed by atoms with E-state index in [1.807, 2.05) is 0 Å². The Balaban J connectivity index is 2.17. The summed E-state index contributed by atoms with van der Waals surface area (Å²) in [5.41, 5.74) is 0.523. The topological polar surface area (TPSA) is 12.0 Å². The number of rotatable bonds is 3. The summed E-state index contributed by atoms with van der Waals surface area (Å²) < 4.78 is 0. The molecule has 9 heavy (non-hydrogen) atoms. The van der Waals surface area contributed by atoms with Crippen LogP contribution in [-0.4, -0.2) is 11.6 Å². The predicted octanol–water partition coefficient (Wildman–Crippen LogP) is 1.93. The first-order valence-corrected chi connectivity index (χ1v) is 3.94. The second-order valence-corrected chi connectivity index (χ2v) is 3.51. The van der Waals surface area contributed by atoms with Crippen molar-refractivity contribution in [1.29, 1.82) is 0 Å². The minimum absolute atomic E-state index is 0.523. The Kier molecular flexibility index (Phi) is 1.80.